The molecule has 3 saturated carbocycles. The number of imidazole rings is 2. The van der Waals surface area contributed by atoms with Gasteiger partial charge in [0, 0.05) is 17.2 Å². The van der Waals surface area contributed by atoms with Gasteiger partial charge >= 0.3 is 12.2 Å². The number of ether oxygens (including phenoxy) is 2. The molecule has 310 valence electrons. The van der Waals surface area contributed by atoms with Gasteiger partial charge in [0.15, 0.2) is 0 Å². The molecule has 4 amide bonds. The molecule has 2 aromatic heterocycles. The molecule has 14 heteroatoms. The van der Waals surface area contributed by atoms with Crippen LogP contribution in [-0.2, 0) is 19.1 Å². The molecule has 59 heavy (non-hydrogen) atoms. The number of piperidine rings is 1. The summed E-state index contributed by atoms with van der Waals surface area (Å²) in [4.78, 5) is 70.6. The van der Waals surface area contributed by atoms with Crippen molar-refractivity contribution >= 4 is 24.0 Å². The zero-order chi connectivity index (χ0) is 41.3. The van der Waals surface area contributed by atoms with Crippen LogP contribution in [0.1, 0.15) is 90.0 Å². The largest absolute Gasteiger partial charge is 0.453 e. The first kappa shape index (κ1) is 38.8. The van der Waals surface area contributed by atoms with Crippen molar-refractivity contribution in [1.29, 1.82) is 0 Å². The van der Waals surface area contributed by atoms with Gasteiger partial charge in [0.2, 0.25) is 11.8 Å². The minimum Gasteiger partial charge on any atom is -0.453 e. The van der Waals surface area contributed by atoms with E-state index in [1.807, 2.05) is 45.0 Å². The van der Waals surface area contributed by atoms with Gasteiger partial charge in [-0.25, -0.2) is 19.6 Å². The maximum Gasteiger partial charge on any atom is 0.407 e. The third-order valence-electron chi connectivity index (χ3n) is 13.7. The molecule has 2 aromatic carbocycles. The second-order valence-electron chi connectivity index (χ2n) is 18.0. The summed E-state index contributed by atoms with van der Waals surface area (Å²) in [7, 11) is 2.60. The molecule has 2 bridgehead atoms. The van der Waals surface area contributed by atoms with Gasteiger partial charge in [-0.2, -0.15) is 0 Å². The molecular formula is C45H54N8O6. The number of carbonyl (C=O) groups excluding carboxylic acids is 4. The lowest BCUT2D eigenvalue weighted by molar-refractivity contribution is -0.139. The number of hydrogen-bond donors (Lipinski definition) is 5. The average Bonchev–Trinajstić information content (AvgIpc) is 3.90. The highest BCUT2D eigenvalue weighted by Gasteiger charge is 2.52. The predicted octanol–water partition coefficient (Wildman–Crippen LogP) is 7.13. The molecule has 5 aliphatic rings. The van der Waals surface area contributed by atoms with E-state index in [4.69, 9.17) is 19.4 Å². The standard InChI is InChI=1S/C45H54N8O6/c1-21(2)36(51-44(56)58-5)42(54)50-38(28-14-26-13-27(26)15-28)40-46-19-34(48-40)23-8-11-30-32(17-23)31-12-9-24(18-33(30)31)35-20-47-41(49-35)39-25-7-10-29(16-25)53(39)43(55)37(22(3)4)52-45(57)59-6/h8-9,11-12,17-22,25-29,36-39H,7,10,13-16H2,1-6H3,(H,46,48)(H,47,49)(H,50,54)(H,51,56)(H,52,57). The Morgan fingerprint density at radius 3 is 1.90 bits per heavy atom. The van der Waals surface area contributed by atoms with Crippen molar-refractivity contribution in [2.45, 2.75) is 96.4 Å². The Labute approximate surface area is 344 Å². The minimum absolute atomic E-state index is 0.0922. The van der Waals surface area contributed by atoms with Gasteiger partial charge in [-0.3, -0.25) is 9.59 Å². The maximum absolute atomic E-state index is 14.0. The molecule has 0 spiro atoms. The van der Waals surface area contributed by atoms with Crippen LogP contribution >= 0.6 is 0 Å². The molecule has 1 saturated heterocycles. The summed E-state index contributed by atoms with van der Waals surface area (Å²) < 4.78 is 9.63. The SMILES string of the molecule is COC(=O)NC(C(=O)NC(c1ncc(-c2ccc3c(c2)-c2ccc(-c4cnc(C5C6CCC(C6)N5C(=O)C(NC(=O)OC)C(C)C)[nH]4)cc2-3)[nH]1)C1CC2CC2C1)C(C)C. The van der Waals surface area contributed by atoms with E-state index in [1.165, 1.54) is 37.3 Å². The first-order valence-corrected chi connectivity index (χ1v) is 21.1. The zero-order valence-electron chi connectivity index (χ0n) is 34.5. The molecule has 5 N–H and O–H groups in total. The fraction of sp³-hybridized carbons (Fsp3) is 0.511. The third-order valence-corrected chi connectivity index (χ3v) is 13.7. The Kier molecular flexibility index (Phi) is 9.99. The highest BCUT2D eigenvalue weighted by Crippen LogP contribution is 2.57. The molecule has 9 rings (SSSR count). The molecule has 0 radical (unpaired) electrons. The monoisotopic (exact) mass is 802 g/mol. The van der Waals surface area contributed by atoms with Crippen molar-refractivity contribution in [2.24, 2.45) is 35.5 Å². The molecule has 3 heterocycles. The first-order chi connectivity index (χ1) is 28.4. The summed E-state index contributed by atoms with van der Waals surface area (Å²) in [6.45, 7) is 7.66. The smallest absolute Gasteiger partial charge is 0.407 e. The summed E-state index contributed by atoms with van der Waals surface area (Å²) in [5, 5.41) is 8.72. The Bertz CT molecular complexity index is 2290. The second kappa shape index (κ2) is 15.2. The zero-order valence-corrected chi connectivity index (χ0v) is 34.5. The summed E-state index contributed by atoms with van der Waals surface area (Å²) in [5.41, 5.74) is 8.46. The minimum atomic E-state index is -0.733. The molecule has 4 fully saturated rings. The van der Waals surface area contributed by atoms with E-state index in [0.29, 0.717) is 5.92 Å². The quantitative estimate of drug-likeness (QED) is 0.0883. The fourth-order valence-electron chi connectivity index (χ4n) is 10.5. The van der Waals surface area contributed by atoms with Gasteiger partial charge in [-0.1, -0.05) is 52.0 Å². The Morgan fingerprint density at radius 1 is 0.695 bits per heavy atom. The number of aromatic amines is 2. The number of rotatable bonds is 12. The molecule has 8 unspecified atom stereocenters. The maximum atomic E-state index is 14.0. The number of hydrogen-bond acceptors (Lipinski definition) is 8. The predicted molar refractivity (Wildman–Crippen MR) is 220 cm³/mol. The summed E-state index contributed by atoms with van der Waals surface area (Å²) in [5.74, 6) is 2.94. The van der Waals surface area contributed by atoms with E-state index in [1.54, 1.807) is 0 Å². The van der Waals surface area contributed by atoms with Crippen molar-refractivity contribution in [3.05, 3.63) is 60.4 Å². The van der Waals surface area contributed by atoms with Crippen molar-refractivity contribution < 1.29 is 28.7 Å². The van der Waals surface area contributed by atoms with Crippen LogP contribution in [0.4, 0.5) is 9.59 Å². The van der Waals surface area contributed by atoms with Crippen LogP contribution in [-0.4, -0.2) is 81.2 Å². The Balaban J connectivity index is 0.918. The molecule has 14 nitrogen and oxygen atoms in total. The van der Waals surface area contributed by atoms with Crippen LogP contribution in [0.5, 0.6) is 0 Å². The van der Waals surface area contributed by atoms with Crippen molar-refractivity contribution in [2.75, 3.05) is 14.2 Å². The molecule has 8 atom stereocenters. The molecular weight excluding hydrogens is 749 g/mol. The molecule has 4 aromatic rings. The van der Waals surface area contributed by atoms with E-state index < -0.39 is 24.3 Å². The van der Waals surface area contributed by atoms with E-state index in [0.717, 1.165) is 83.7 Å². The summed E-state index contributed by atoms with van der Waals surface area (Å²) >= 11 is 0. The van der Waals surface area contributed by atoms with E-state index in [2.05, 4.69) is 62.3 Å². The average molecular weight is 803 g/mol. The van der Waals surface area contributed by atoms with Gasteiger partial charge < -0.3 is 40.3 Å². The van der Waals surface area contributed by atoms with Crippen LogP contribution < -0.4 is 16.0 Å². The number of likely N-dealkylation sites (tertiary alicyclic amines) is 1. The number of H-pyrrole nitrogens is 2. The molecule has 1 aliphatic heterocycles. The van der Waals surface area contributed by atoms with Crippen LogP contribution in [0.2, 0.25) is 0 Å². The first-order valence-electron chi connectivity index (χ1n) is 21.1. The van der Waals surface area contributed by atoms with Crippen LogP contribution in [0, 0.1) is 35.5 Å². The normalized spacial score (nSPS) is 24.7. The topological polar surface area (TPSA) is 183 Å². The summed E-state index contributed by atoms with van der Waals surface area (Å²) in [6.07, 6.45) is 8.75. The number of alkyl carbamates (subject to hydrolysis) is 2. The number of methoxy groups -OCH3 is 2. The highest BCUT2D eigenvalue weighted by atomic mass is 16.5. The second-order valence-corrected chi connectivity index (χ2v) is 18.0. The lowest BCUT2D eigenvalue weighted by Gasteiger charge is -2.37. The Morgan fingerprint density at radius 2 is 1.29 bits per heavy atom. The van der Waals surface area contributed by atoms with Gasteiger partial charge in [0.05, 0.1) is 50.1 Å². The van der Waals surface area contributed by atoms with Gasteiger partial charge in [0.1, 0.15) is 23.7 Å². The fourth-order valence-corrected chi connectivity index (χ4v) is 10.5. The van der Waals surface area contributed by atoms with Crippen LogP contribution in [0.15, 0.2) is 48.8 Å². The Hall–Kier alpha value is -5.66. The van der Waals surface area contributed by atoms with E-state index >= 15 is 0 Å². The number of carbonyl (C=O) groups is 4. The van der Waals surface area contributed by atoms with Crippen molar-refractivity contribution in [1.82, 2.24) is 40.8 Å². The lowest BCUT2D eigenvalue weighted by atomic mass is 9.78. The number of nitrogens with one attached hydrogen (secondary N) is 5. The van der Waals surface area contributed by atoms with Crippen LogP contribution in [0.25, 0.3) is 44.8 Å². The van der Waals surface area contributed by atoms with Gasteiger partial charge in [-0.05, 0) is 108 Å². The highest BCUT2D eigenvalue weighted by molar-refractivity contribution is 6.04. The third kappa shape index (κ3) is 7.03. The molecule has 4 aliphatic carbocycles. The van der Waals surface area contributed by atoms with E-state index in [9.17, 15) is 19.2 Å². The summed E-state index contributed by atoms with van der Waals surface area (Å²) in [6, 6.07) is 11.1. The number of benzene rings is 2. The number of nitrogens with zero attached hydrogens (tertiary/aromatic N) is 3. The number of aromatic nitrogens is 4. The van der Waals surface area contributed by atoms with Crippen molar-refractivity contribution in [3.63, 3.8) is 0 Å². The van der Waals surface area contributed by atoms with Crippen molar-refractivity contribution in [3.8, 4) is 44.8 Å². The van der Waals surface area contributed by atoms with Crippen LogP contribution in [0.3, 0.4) is 0 Å². The van der Waals surface area contributed by atoms with Gasteiger partial charge in [0.25, 0.3) is 0 Å². The number of fused-ring (bicyclic) bond motifs is 7. The lowest BCUT2D eigenvalue weighted by Crippen LogP contribution is -2.54. The van der Waals surface area contributed by atoms with E-state index in [-0.39, 0.29) is 47.7 Å². The van der Waals surface area contributed by atoms with Gasteiger partial charge in [-0.15, -0.1) is 0 Å². The number of amides is 4.